The number of hydrogen-bond donors (Lipinski definition) is 0. The maximum atomic E-state index is 12.6. The van der Waals surface area contributed by atoms with E-state index in [0.29, 0.717) is 0 Å². The summed E-state index contributed by atoms with van der Waals surface area (Å²) in [6.45, 7) is 0. The van der Waals surface area contributed by atoms with Crippen LogP contribution in [0.15, 0.2) is 0 Å². The summed E-state index contributed by atoms with van der Waals surface area (Å²) in [5, 5.41) is 0. The zero-order valence-corrected chi connectivity index (χ0v) is 47.9. The number of rotatable bonds is 18. The van der Waals surface area contributed by atoms with Crippen molar-refractivity contribution in [1.29, 1.82) is 0 Å². The van der Waals surface area contributed by atoms with Crippen LogP contribution in [-0.2, 0) is 57.4 Å². The van der Waals surface area contributed by atoms with Crippen molar-refractivity contribution in [3.63, 3.8) is 0 Å². The molecule has 62 heavy (non-hydrogen) atoms. The molecule has 0 amide bonds. The van der Waals surface area contributed by atoms with Crippen molar-refractivity contribution < 1.29 is 115 Å². The summed E-state index contributed by atoms with van der Waals surface area (Å²) in [4.78, 5) is 0. The molecule has 0 aliphatic carbocycles. The van der Waals surface area contributed by atoms with Crippen LogP contribution in [0.3, 0.4) is 0 Å². The van der Waals surface area contributed by atoms with Gasteiger partial charge in [0, 0.05) is 0 Å². The fourth-order valence-electron chi connectivity index (χ4n) is 3.44. The van der Waals surface area contributed by atoms with Gasteiger partial charge in [-0.1, -0.05) is 0 Å². The average molecular weight is 1120 g/mol. The van der Waals surface area contributed by atoms with Gasteiger partial charge in [0.25, 0.3) is 0 Å². The molecular weight excluding hydrogens is 1050 g/mol. The van der Waals surface area contributed by atoms with Crippen molar-refractivity contribution in [2.75, 3.05) is 169 Å². The zero-order valence-electron chi connectivity index (χ0n) is 40.0. The van der Waals surface area contributed by atoms with Crippen LogP contribution in [0.4, 0.5) is 0 Å². The van der Waals surface area contributed by atoms with E-state index in [1.165, 1.54) is 56.0 Å². The molecular formula is C24H72Cl2CuN12O17P6. The van der Waals surface area contributed by atoms with E-state index in [1.807, 2.05) is 0 Å². The average Bonchev–Trinajstić information content (AvgIpc) is 3.02. The molecule has 385 valence electrons. The first-order chi connectivity index (χ1) is 26.4. The molecule has 0 fully saturated rings. The van der Waals surface area contributed by atoms with Crippen LogP contribution in [0.25, 0.3) is 0 Å². The molecule has 0 aliphatic heterocycles. The maximum absolute atomic E-state index is 12.6. The van der Waals surface area contributed by atoms with Gasteiger partial charge in [-0.2, -0.15) is 0 Å². The predicted molar refractivity (Wildman–Crippen MR) is 213 cm³/mol. The molecule has 0 spiro atoms. The molecule has 0 heterocycles. The minimum absolute atomic E-state index is 0. The van der Waals surface area contributed by atoms with Crippen LogP contribution < -0.4 is 37.3 Å². The van der Waals surface area contributed by atoms with Gasteiger partial charge in [-0.3, -0.25) is 27.4 Å². The van der Waals surface area contributed by atoms with Gasteiger partial charge in [0.05, 0.1) is 0 Å². The van der Waals surface area contributed by atoms with Crippen molar-refractivity contribution in [2.45, 2.75) is 0 Å². The van der Waals surface area contributed by atoms with Gasteiger partial charge >= 0.3 is 63.1 Å². The van der Waals surface area contributed by atoms with Crippen LogP contribution in [0.2, 0.25) is 0 Å². The Morgan fingerprint density at radius 1 is 0.242 bits per heavy atom. The molecule has 0 saturated heterocycles. The Hall–Kier alpha value is 1.56. The van der Waals surface area contributed by atoms with E-state index in [9.17, 15) is 27.4 Å². The third kappa shape index (κ3) is 26.9. The zero-order chi connectivity index (χ0) is 51.0. The van der Waals surface area contributed by atoms with E-state index in [0.717, 1.165) is 0 Å². The number of halogens is 2. The monoisotopic (exact) mass is 1120 g/mol. The predicted octanol–water partition coefficient (Wildman–Crippen LogP) is -5.12. The molecule has 0 atom stereocenters. The smallest absolute Gasteiger partial charge is 0.255 e. The minimum atomic E-state index is -4.94. The van der Waals surface area contributed by atoms with Gasteiger partial charge < -0.3 is 0 Å². The van der Waals surface area contributed by atoms with E-state index < -0.39 is 66.5 Å². The van der Waals surface area contributed by atoms with Crippen molar-refractivity contribution in [1.82, 2.24) is 56.0 Å². The molecule has 0 N–H and O–H groups in total. The van der Waals surface area contributed by atoms with E-state index in [2.05, 4.69) is 0 Å². The van der Waals surface area contributed by atoms with Crippen molar-refractivity contribution in [3.8, 4) is 0 Å². The quantitative estimate of drug-likeness (QED) is 0.0915. The molecule has 0 unspecified atom stereocenters. The summed E-state index contributed by atoms with van der Waals surface area (Å²) in [5.41, 5.74) is 0. The Labute approximate surface area is 384 Å². The molecule has 38 heteroatoms. The van der Waals surface area contributed by atoms with Gasteiger partial charge in [0.1, 0.15) is 0 Å². The summed E-state index contributed by atoms with van der Waals surface area (Å²) in [5.74, 6) is 0. The number of hydrogen-bond acceptors (Lipinski definition) is 17. The third-order valence-electron chi connectivity index (χ3n) is 6.70. The Morgan fingerprint density at radius 3 is 0.323 bits per heavy atom. The fourth-order valence-corrected chi connectivity index (χ4v) is 18.1. The second kappa shape index (κ2) is 30.2. The van der Waals surface area contributed by atoms with Crippen molar-refractivity contribution in [2.24, 2.45) is 0 Å². The van der Waals surface area contributed by atoms with E-state index in [4.69, 9.17) is 50.2 Å². The fraction of sp³-hybridized carbons (Fsp3) is 1.00. The van der Waals surface area contributed by atoms with Gasteiger partial charge in [0.15, 0.2) is 0 Å². The molecule has 0 aromatic rings. The Balaban J connectivity index is -0.000000169. The first-order valence-electron chi connectivity index (χ1n) is 16.6. The maximum Gasteiger partial charge on any atom is 2.00 e. The second-order valence-electron chi connectivity index (χ2n) is 14.1. The van der Waals surface area contributed by atoms with Crippen LogP contribution in [0, 0.1) is 20.5 Å². The molecule has 0 bridgehead atoms. The summed E-state index contributed by atoms with van der Waals surface area (Å²) in [7, 11) is 9.73. The molecule has 1 radical (unpaired) electrons. The minimum Gasteiger partial charge on any atom is -0.255 e. The standard InChI is InChI=1S/3C8H24N4O3P2.2ClHO4.Cu/c3*1-9(2)16(13,10(3)4)15-17(14,11(5)6)12(7)8;2*2-1(3,4)5;/h3*1-8H3;2*(H,2,3,4,5);/q;;;;;+2/p-2. The summed E-state index contributed by atoms with van der Waals surface area (Å²) in [6, 6.07) is 0. The molecule has 0 aromatic carbocycles. The summed E-state index contributed by atoms with van der Waals surface area (Å²) >= 11 is 0. The Bertz CT molecular complexity index is 1210. The van der Waals surface area contributed by atoms with E-state index in [-0.39, 0.29) is 17.1 Å². The molecule has 0 aromatic heterocycles. The van der Waals surface area contributed by atoms with Gasteiger partial charge in [-0.15, -0.1) is 20.5 Å². The Morgan fingerprint density at radius 2 is 0.290 bits per heavy atom. The van der Waals surface area contributed by atoms with Crippen LogP contribution in [-0.4, -0.2) is 225 Å². The SMILES string of the molecule is CN(C)P(=O)(OP(=O)(N(C)C)N(C)C)N(C)C.CN(C)P(=O)(OP(=O)(N(C)C)N(C)C)N(C)C.CN(C)P(=O)(OP(=O)(N(C)C)N(C)C)N(C)C.[Cu+2].[O-][Cl+3]([O-])([O-])[O-].[O-][Cl+3]([O-])([O-])[O-]. The van der Waals surface area contributed by atoms with E-state index in [1.54, 1.807) is 169 Å². The molecule has 0 aliphatic rings. The molecule has 0 rings (SSSR count). The van der Waals surface area contributed by atoms with Gasteiger partial charge in [-0.25, -0.2) is 106 Å². The van der Waals surface area contributed by atoms with Gasteiger partial charge in [0.2, 0.25) is 0 Å². The molecule has 29 nitrogen and oxygen atoms in total. The largest absolute Gasteiger partial charge is 2.00 e. The van der Waals surface area contributed by atoms with Crippen LogP contribution >= 0.6 is 46.0 Å². The topological polar surface area (TPSA) is 353 Å². The van der Waals surface area contributed by atoms with Crippen molar-refractivity contribution in [3.05, 3.63) is 0 Å². The summed E-state index contributed by atoms with van der Waals surface area (Å²) < 4.78 is 178. The Kier molecular flexibility index (Phi) is 36.6. The first-order valence-corrected chi connectivity index (χ1v) is 28.2. The van der Waals surface area contributed by atoms with Gasteiger partial charge in [-0.05, 0) is 169 Å². The first kappa shape index (κ1) is 75.1. The molecule has 0 saturated carbocycles. The summed E-state index contributed by atoms with van der Waals surface area (Å²) in [6.07, 6.45) is 0. The van der Waals surface area contributed by atoms with Crippen molar-refractivity contribution >= 4 is 46.0 Å². The number of nitrogens with zero attached hydrogens (tertiary/aromatic N) is 12. The van der Waals surface area contributed by atoms with Crippen LogP contribution in [0.1, 0.15) is 0 Å². The normalized spacial score (nSPS) is 13.7. The third-order valence-corrected chi connectivity index (χ3v) is 23.9. The second-order valence-corrected chi connectivity index (χ2v) is 33.1. The van der Waals surface area contributed by atoms with E-state index >= 15 is 0 Å². The van der Waals surface area contributed by atoms with Crippen LogP contribution in [0.5, 0.6) is 0 Å².